The van der Waals surface area contributed by atoms with Crippen LogP contribution in [0.5, 0.6) is 0 Å². The number of nitrogens with one attached hydrogen (secondary N) is 1. The maximum absolute atomic E-state index is 12.1. The van der Waals surface area contributed by atoms with Gasteiger partial charge in [-0.15, -0.1) is 10.2 Å². The Morgan fingerprint density at radius 3 is 2.65 bits per heavy atom. The van der Waals surface area contributed by atoms with Gasteiger partial charge < -0.3 is 5.32 Å². The van der Waals surface area contributed by atoms with Crippen LogP contribution in [0.4, 0.5) is 0 Å². The molecule has 20 heavy (non-hydrogen) atoms. The molecule has 1 heterocycles. The van der Waals surface area contributed by atoms with E-state index >= 15 is 0 Å². The molecule has 1 atom stereocenters. The Hall–Kier alpha value is -1.24. The summed E-state index contributed by atoms with van der Waals surface area (Å²) < 4.78 is 13.0. The lowest BCUT2D eigenvalue weighted by Gasteiger charge is -2.21. The fourth-order valence-electron chi connectivity index (χ4n) is 2.60. The fraction of sp³-hybridized carbons (Fsp3) is 0.769. The molecule has 0 spiro atoms. The molecule has 0 bridgehead atoms. The second kappa shape index (κ2) is 7.52. The summed E-state index contributed by atoms with van der Waals surface area (Å²) in [6.45, 7) is 0.137. The van der Waals surface area contributed by atoms with Gasteiger partial charge in [0, 0.05) is 12.3 Å². The Balaban J connectivity index is 1.87. The highest BCUT2D eigenvalue weighted by Gasteiger charge is 2.16. The maximum Gasteiger partial charge on any atom is 0.240 e. The Kier molecular flexibility index (Phi) is 5.70. The second-order valence-corrected chi connectivity index (χ2v) is 6.58. The molecule has 0 aromatic carbocycles. The quantitative estimate of drug-likeness (QED) is 0.907. The van der Waals surface area contributed by atoms with E-state index in [9.17, 15) is 9.00 Å². The minimum absolute atomic E-state index is 0.0536. The lowest BCUT2D eigenvalue weighted by Crippen LogP contribution is -2.37. The minimum atomic E-state index is -1.23. The van der Waals surface area contributed by atoms with Gasteiger partial charge in [0.1, 0.15) is 12.9 Å². The predicted molar refractivity (Wildman–Crippen MR) is 76.6 cm³/mol. The summed E-state index contributed by atoms with van der Waals surface area (Å²) in [5.41, 5.74) is 0. The molecule has 1 aromatic rings. The zero-order valence-corrected chi connectivity index (χ0v) is 12.7. The molecule has 0 saturated heterocycles. The van der Waals surface area contributed by atoms with Crippen LogP contribution in [-0.4, -0.2) is 37.2 Å². The first-order valence-electron chi connectivity index (χ1n) is 7.17. The summed E-state index contributed by atoms with van der Waals surface area (Å²) in [4.78, 5) is 12.1. The van der Waals surface area contributed by atoms with E-state index in [1.54, 1.807) is 4.57 Å². The maximum atomic E-state index is 12.1. The Morgan fingerprint density at radius 2 is 2.00 bits per heavy atom. The van der Waals surface area contributed by atoms with Crippen molar-refractivity contribution in [3.05, 3.63) is 6.33 Å². The van der Waals surface area contributed by atoms with Gasteiger partial charge in [0.2, 0.25) is 11.1 Å². The van der Waals surface area contributed by atoms with E-state index in [0.29, 0.717) is 5.16 Å². The first-order chi connectivity index (χ1) is 9.66. The topological polar surface area (TPSA) is 76.9 Å². The van der Waals surface area contributed by atoms with Crippen molar-refractivity contribution >= 4 is 16.7 Å². The minimum Gasteiger partial charge on any atom is -0.352 e. The molecule has 7 heteroatoms. The molecule has 1 saturated carbocycles. The summed E-state index contributed by atoms with van der Waals surface area (Å²) in [5.74, 6) is -0.0536. The van der Waals surface area contributed by atoms with Crippen LogP contribution in [0.3, 0.4) is 0 Å². The van der Waals surface area contributed by atoms with Gasteiger partial charge in [0.15, 0.2) is 0 Å². The second-order valence-electron chi connectivity index (χ2n) is 5.31. The monoisotopic (exact) mass is 298 g/mol. The standard InChI is InChI=1S/C13H22N4O2S/c1-20(19)13-16-14-10-17(13)9-12(18)15-11-7-5-3-2-4-6-8-11/h10-11H,2-9H2,1H3,(H,15,18)/t20-/m0/s1. The first-order valence-corrected chi connectivity index (χ1v) is 8.73. The van der Waals surface area contributed by atoms with Crippen molar-refractivity contribution in [1.82, 2.24) is 20.1 Å². The van der Waals surface area contributed by atoms with Gasteiger partial charge in [0.05, 0.1) is 10.8 Å². The van der Waals surface area contributed by atoms with Crippen LogP contribution in [-0.2, 0) is 22.1 Å². The summed E-state index contributed by atoms with van der Waals surface area (Å²) in [6, 6.07) is 0.273. The average Bonchev–Trinajstić information content (AvgIpc) is 2.80. The normalized spacial score (nSPS) is 19.1. The molecular formula is C13H22N4O2S. The fourth-order valence-corrected chi connectivity index (χ4v) is 3.21. The molecular weight excluding hydrogens is 276 g/mol. The van der Waals surface area contributed by atoms with E-state index in [-0.39, 0.29) is 18.5 Å². The van der Waals surface area contributed by atoms with Gasteiger partial charge in [-0.3, -0.25) is 13.6 Å². The van der Waals surface area contributed by atoms with Crippen LogP contribution < -0.4 is 5.32 Å². The van der Waals surface area contributed by atoms with E-state index in [4.69, 9.17) is 0 Å². The third kappa shape index (κ3) is 4.40. The van der Waals surface area contributed by atoms with Crippen LogP contribution in [0, 0.1) is 0 Å². The number of hydrogen-bond acceptors (Lipinski definition) is 4. The van der Waals surface area contributed by atoms with Crippen molar-refractivity contribution in [3.63, 3.8) is 0 Å². The number of aromatic nitrogens is 3. The van der Waals surface area contributed by atoms with Crippen molar-refractivity contribution in [2.45, 2.75) is 62.7 Å². The number of nitrogens with zero attached hydrogens (tertiary/aromatic N) is 3. The first kappa shape index (κ1) is 15.2. The SMILES string of the molecule is C[S@](=O)c1nncn1CC(=O)NC1CCCCCCC1. The summed E-state index contributed by atoms with van der Waals surface area (Å²) in [6.07, 6.45) is 11.3. The molecule has 1 aliphatic rings. The highest BCUT2D eigenvalue weighted by molar-refractivity contribution is 7.84. The molecule has 1 fully saturated rings. The number of carbonyl (C=O) groups is 1. The third-order valence-corrected chi connectivity index (χ3v) is 4.45. The number of amides is 1. The summed E-state index contributed by atoms with van der Waals surface area (Å²) >= 11 is 0. The van der Waals surface area contributed by atoms with Gasteiger partial charge >= 0.3 is 0 Å². The van der Waals surface area contributed by atoms with Crippen LogP contribution in [0.1, 0.15) is 44.9 Å². The van der Waals surface area contributed by atoms with Crippen molar-refractivity contribution < 1.29 is 9.00 Å². The van der Waals surface area contributed by atoms with E-state index in [0.717, 1.165) is 12.8 Å². The van der Waals surface area contributed by atoms with Crippen molar-refractivity contribution in [1.29, 1.82) is 0 Å². The molecule has 1 aliphatic carbocycles. The summed E-state index contributed by atoms with van der Waals surface area (Å²) in [7, 11) is -1.23. The van der Waals surface area contributed by atoms with Gasteiger partial charge in [-0.1, -0.05) is 32.1 Å². The molecule has 6 nitrogen and oxygen atoms in total. The van der Waals surface area contributed by atoms with Crippen LogP contribution in [0.25, 0.3) is 0 Å². The molecule has 1 N–H and O–H groups in total. The van der Waals surface area contributed by atoms with E-state index in [1.807, 2.05) is 0 Å². The van der Waals surface area contributed by atoms with Gasteiger partial charge in [-0.2, -0.15) is 0 Å². The molecule has 0 aliphatic heterocycles. The zero-order chi connectivity index (χ0) is 14.4. The Bertz CT molecular complexity index is 467. The number of carbonyl (C=O) groups excluding carboxylic acids is 1. The third-order valence-electron chi connectivity index (χ3n) is 3.62. The van der Waals surface area contributed by atoms with Gasteiger partial charge in [-0.25, -0.2) is 0 Å². The van der Waals surface area contributed by atoms with Crippen LogP contribution >= 0.6 is 0 Å². The van der Waals surface area contributed by atoms with Gasteiger partial charge in [-0.05, 0) is 12.8 Å². The smallest absolute Gasteiger partial charge is 0.240 e. The molecule has 1 aromatic heterocycles. The summed E-state index contributed by atoms with van der Waals surface area (Å²) in [5, 5.41) is 10.9. The Labute approximate surface area is 121 Å². The molecule has 0 radical (unpaired) electrons. The van der Waals surface area contributed by atoms with Crippen LogP contribution in [0.2, 0.25) is 0 Å². The van der Waals surface area contributed by atoms with Crippen LogP contribution in [0.15, 0.2) is 11.5 Å². The van der Waals surface area contributed by atoms with Crippen molar-refractivity contribution in [2.75, 3.05) is 6.26 Å². The Morgan fingerprint density at radius 1 is 1.35 bits per heavy atom. The van der Waals surface area contributed by atoms with Crippen molar-refractivity contribution in [3.8, 4) is 0 Å². The van der Waals surface area contributed by atoms with E-state index in [2.05, 4.69) is 15.5 Å². The molecule has 0 unspecified atom stereocenters. The molecule has 2 rings (SSSR count). The molecule has 1 amide bonds. The average molecular weight is 298 g/mol. The number of rotatable bonds is 4. The highest BCUT2D eigenvalue weighted by Crippen LogP contribution is 2.17. The zero-order valence-electron chi connectivity index (χ0n) is 11.9. The predicted octanol–water partition coefficient (Wildman–Crippen LogP) is 1.24. The van der Waals surface area contributed by atoms with Gasteiger partial charge in [0.25, 0.3) is 0 Å². The van der Waals surface area contributed by atoms with E-state index < -0.39 is 10.8 Å². The highest BCUT2D eigenvalue weighted by atomic mass is 32.2. The molecule has 112 valence electrons. The van der Waals surface area contributed by atoms with Crippen molar-refractivity contribution in [2.24, 2.45) is 0 Å². The lowest BCUT2D eigenvalue weighted by molar-refractivity contribution is -0.122. The lowest BCUT2D eigenvalue weighted by atomic mass is 9.97. The van der Waals surface area contributed by atoms with E-state index in [1.165, 1.54) is 44.7 Å². The number of hydrogen-bond donors (Lipinski definition) is 1. The largest absolute Gasteiger partial charge is 0.352 e.